The van der Waals surface area contributed by atoms with Crippen molar-refractivity contribution in [2.24, 2.45) is 0 Å². The van der Waals surface area contributed by atoms with Crippen LogP contribution in [0.5, 0.6) is 0 Å². The number of allylic oxidation sites excluding steroid dienone is 1. The number of nitrogen functional groups attached to an aromatic ring is 1. The number of ether oxygens (including phenoxy) is 1. The van der Waals surface area contributed by atoms with E-state index < -0.39 is 0 Å². The zero-order valence-electron chi connectivity index (χ0n) is 16.1. The quantitative estimate of drug-likeness (QED) is 0.274. The average Bonchev–Trinajstić information content (AvgIpc) is 2.68. The summed E-state index contributed by atoms with van der Waals surface area (Å²) in [7, 11) is 1.60. The first-order chi connectivity index (χ1) is 13.5. The van der Waals surface area contributed by atoms with Gasteiger partial charge in [0.2, 0.25) is 11.5 Å². The maximum Gasteiger partial charge on any atom is 0.278 e. The molecule has 0 aliphatic carbocycles. The molecule has 3 rings (SSSR count). The van der Waals surface area contributed by atoms with E-state index in [4.69, 9.17) is 10.5 Å². The van der Waals surface area contributed by atoms with Crippen LogP contribution >= 0.6 is 0 Å². The molecule has 0 fully saturated rings. The number of fused-ring (bicyclic) bond motifs is 2. The van der Waals surface area contributed by atoms with Crippen molar-refractivity contribution >= 4 is 28.4 Å². The van der Waals surface area contributed by atoms with Crippen molar-refractivity contribution in [3.8, 4) is 0 Å². The van der Waals surface area contributed by atoms with E-state index >= 15 is 0 Å². The van der Waals surface area contributed by atoms with Crippen LogP contribution < -0.4 is 21.2 Å². The highest BCUT2D eigenvalue weighted by Crippen LogP contribution is 2.15. The molecule has 0 saturated carbocycles. The van der Waals surface area contributed by atoms with E-state index in [0.717, 1.165) is 5.56 Å². The largest absolute Gasteiger partial charge is 0.385 e. The minimum atomic E-state index is -0.345. The third kappa shape index (κ3) is 3.59. The fourth-order valence-electron chi connectivity index (χ4n) is 3.07. The number of nitrogens with zero attached hydrogens (tertiary/aromatic N) is 3. The summed E-state index contributed by atoms with van der Waals surface area (Å²) in [6, 6.07) is 5.18. The van der Waals surface area contributed by atoms with E-state index in [-0.39, 0.29) is 22.8 Å². The van der Waals surface area contributed by atoms with Gasteiger partial charge in [-0.1, -0.05) is 23.7 Å². The van der Waals surface area contributed by atoms with Gasteiger partial charge in [-0.25, -0.2) is 4.57 Å². The second kappa shape index (κ2) is 8.18. The van der Waals surface area contributed by atoms with Crippen LogP contribution in [0.25, 0.3) is 16.7 Å². The Kier molecular flexibility index (Phi) is 5.70. The van der Waals surface area contributed by atoms with E-state index in [1.165, 1.54) is 10.5 Å². The molecule has 0 saturated heterocycles. The summed E-state index contributed by atoms with van der Waals surface area (Å²) in [6.45, 7) is 6.95. The molecule has 0 spiro atoms. The Balaban J connectivity index is 2.20. The molecule has 0 bridgehead atoms. The molecule has 0 aromatic carbocycles. The summed E-state index contributed by atoms with van der Waals surface area (Å²) in [5, 5.41) is 3.13. The molecule has 8 nitrogen and oxygen atoms in total. The summed E-state index contributed by atoms with van der Waals surface area (Å²) in [5.41, 5.74) is 8.11. The molecule has 3 heterocycles. The lowest BCUT2D eigenvalue weighted by molar-refractivity contribution is -0.648. The standard InChI is InChI=1S/C20H23N5O3/c1-4-9-24-17(21)14(19(26)22-8-5-10-28-3)11-15-18(24)23-16-7-6-13(2)12-25(16)20(15)27/h4,6-7,11-12,21H,1,5,8-10H2,2-3H3,(H,22,26)/p+1. The number of rotatable bonds is 7. The number of aromatic nitrogens is 3. The van der Waals surface area contributed by atoms with Crippen molar-refractivity contribution in [1.82, 2.24) is 14.7 Å². The molecule has 146 valence electrons. The third-order valence-corrected chi connectivity index (χ3v) is 4.46. The van der Waals surface area contributed by atoms with Crippen molar-refractivity contribution in [2.45, 2.75) is 19.9 Å². The first kappa shape index (κ1) is 19.5. The molecule has 0 aliphatic rings. The molecule has 28 heavy (non-hydrogen) atoms. The molecule has 3 N–H and O–H groups in total. The van der Waals surface area contributed by atoms with Gasteiger partial charge in [0.1, 0.15) is 10.9 Å². The lowest BCUT2D eigenvalue weighted by atomic mass is 10.1. The Hall–Kier alpha value is -3.26. The van der Waals surface area contributed by atoms with Gasteiger partial charge in [-0.15, -0.1) is 0 Å². The van der Waals surface area contributed by atoms with Crippen molar-refractivity contribution < 1.29 is 14.1 Å². The van der Waals surface area contributed by atoms with Gasteiger partial charge in [0.05, 0.1) is 6.54 Å². The fraction of sp³-hybridized carbons (Fsp3) is 0.300. The Morgan fingerprint density at radius 2 is 2.25 bits per heavy atom. The Labute approximate surface area is 162 Å². The van der Waals surface area contributed by atoms with Gasteiger partial charge >= 0.3 is 0 Å². The highest BCUT2D eigenvalue weighted by Gasteiger charge is 2.23. The summed E-state index contributed by atoms with van der Waals surface area (Å²) in [6.07, 6.45) is 4.05. The summed E-state index contributed by atoms with van der Waals surface area (Å²) in [5.74, 6) is -0.109. The number of hydrogen-bond acceptors (Lipinski definition) is 5. The predicted molar refractivity (Wildman–Crippen MR) is 107 cm³/mol. The summed E-state index contributed by atoms with van der Waals surface area (Å²) >= 11 is 0. The van der Waals surface area contributed by atoms with Crippen LogP contribution in [0.15, 0.2) is 41.8 Å². The van der Waals surface area contributed by atoms with Gasteiger partial charge in [0.25, 0.3) is 17.1 Å². The molecule has 0 aliphatic heterocycles. The topological polar surface area (TPSA) is 103 Å². The van der Waals surface area contributed by atoms with E-state index in [9.17, 15) is 9.59 Å². The van der Waals surface area contributed by atoms with E-state index in [0.29, 0.717) is 42.8 Å². The van der Waals surface area contributed by atoms with Gasteiger partial charge in [0, 0.05) is 26.5 Å². The number of pyridine rings is 2. The molecule has 0 radical (unpaired) electrons. The monoisotopic (exact) mass is 382 g/mol. The van der Waals surface area contributed by atoms with Crippen molar-refractivity contribution in [3.05, 3.63) is 58.5 Å². The van der Waals surface area contributed by atoms with Crippen LogP contribution in [0.1, 0.15) is 22.3 Å². The van der Waals surface area contributed by atoms with Crippen LogP contribution in [-0.4, -0.2) is 35.6 Å². The maximum atomic E-state index is 13.1. The number of hydrogen-bond donors (Lipinski definition) is 2. The maximum absolute atomic E-state index is 13.1. The van der Waals surface area contributed by atoms with Crippen LogP contribution in [0, 0.1) is 6.92 Å². The Morgan fingerprint density at radius 1 is 1.46 bits per heavy atom. The van der Waals surface area contributed by atoms with Crippen LogP contribution in [0.2, 0.25) is 0 Å². The molecular formula is C20H24N5O3+. The molecule has 0 unspecified atom stereocenters. The number of amides is 1. The van der Waals surface area contributed by atoms with Gasteiger partial charge in [-0.3, -0.25) is 14.0 Å². The summed E-state index contributed by atoms with van der Waals surface area (Å²) in [4.78, 5) is 30.3. The molecule has 3 aromatic heterocycles. The van der Waals surface area contributed by atoms with Crippen LogP contribution in [0.4, 0.5) is 5.82 Å². The normalized spacial score (nSPS) is 11.1. The van der Waals surface area contributed by atoms with E-state index in [1.807, 2.05) is 13.0 Å². The SMILES string of the molecule is C=CC[n+]1c(N)c(C(=O)NCCCOC)cc2c(=O)n3cc(C)ccc3nc21. The van der Waals surface area contributed by atoms with Crippen molar-refractivity contribution in [1.29, 1.82) is 0 Å². The number of nitrogens with two attached hydrogens (primary N) is 1. The zero-order chi connectivity index (χ0) is 20.3. The van der Waals surface area contributed by atoms with Gasteiger partial charge in [-0.2, -0.15) is 0 Å². The smallest absolute Gasteiger partial charge is 0.278 e. The second-order valence-corrected chi connectivity index (χ2v) is 6.53. The van der Waals surface area contributed by atoms with Crippen molar-refractivity contribution in [3.63, 3.8) is 0 Å². The Morgan fingerprint density at radius 3 is 2.96 bits per heavy atom. The van der Waals surface area contributed by atoms with Crippen LogP contribution in [0.3, 0.4) is 0 Å². The first-order valence-electron chi connectivity index (χ1n) is 9.01. The first-order valence-corrected chi connectivity index (χ1v) is 9.01. The van der Waals surface area contributed by atoms with Gasteiger partial charge < -0.3 is 15.8 Å². The highest BCUT2D eigenvalue weighted by molar-refractivity contribution is 6.00. The third-order valence-electron chi connectivity index (χ3n) is 4.46. The van der Waals surface area contributed by atoms with Crippen LogP contribution in [-0.2, 0) is 11.3 Å². The van der Waals surface area contributed by atoms with E-state index in [2.05, 4.69) is 16.9 Å². The molecule has 1 amide bonds. The molecular weight excluding hydrogens is 358 g/mol. The summed E-state index contributed by atoms with van der Waals surface area (Å²) < 4.78 is 8.10. The number of carbonyl (C=O) groups excluding carboxylic acids is 1. The zero-order valence-corrected chi connectivity index (χ0v) is 16.1. The number of nitrogens with one attached hydrogen (secondary N) is 1. The lowest BCUT2D eigenvalue weighted by Crippen LogP contribution is -2.42. The lowest BCUT2D eigenvalue weighted by Gasteiger charge is -2.11. The minimum Gasteiger partial charge on any atom is -0.385 e. The molecule has 0 atom stereocenters. The van der Waals surface area contributed by atoms with Crippen molar-refractivity contribution in [2.75, 3.05) is 26.0 Å². The number of methoxy groups -OCH3 is 1. The molecule has 8 heteroatoms. The van der Waals surface area contributed by atoms with Gasteiger partial charge in [-0.05, 0) is 31.0 Å². The minimum absolute atomic E-state index is 0.235. The van der Waals surface area contributed by atoms with Gasteiger partial charge in [0.15, 0.2) is 0 Å². The van der Waals surface area contributed by atoms with E-state index in [1.54, 1.807) is 30.0 Å². The number of anilines is 1. The fourth-order valence-corrected chi connectivity index (χ4v) is 3.07. The molecule has 3 aromatic rings. The highest BCUT2D eigenvalue weighted by atomic mass is 16.5. The predicted octanol–water partition coefficient (Wildman–Crippen LogP) is 0.978. The number of carbonyl (C=O) groups is 1. The second-order valence-electron chi connectivity index (χ2n) is 6.53. The Bertz CT molecular complexity index is 1120. The average molecular weight is 382 g/mol. The number of aryl methyl sites for hydroxylation is 1.